The molecule has 6 heteroatoms. The first-order chi connectivity index (χ1) is 10.3. The number of thiazole rings is 1. The van der Waals surface area contributed by atoms with Gasteiger partial charge in [0, 0.05) is 17.5 Å². The number of fused-ring (bicyclic) bond motifs is 1. The molecule has 0 spiro atoms. The molecule has 1 fully saturated rings. The number of amides is 1. The molecule has 0 saturated carbocycles. The van der Waals surface area contributed by atoms with E-state index in [0.717, 1.165) is 43.8 Å². The van der Waals surface area contributed by atoms with Gasteiger partial charge in [-0.1, -0.05) is 6.42 Å². The summed E-state index contributed by atoms with van der Waals surface area (Å²) >= 11 is 1.62. The lowest BCUT2D eigenvalue weighted by Crippen LogP contribution is -2.44. The molecule has 116 valence electrons. The molecule has 0 aromatic carbocycles. The van der Waals surface area contributed by atoms with Crippen molar-refractivity contribution in [2.24, 2.45) is 0 Å². The Balaban J connectivity index is 1.54. The molecule has 1 atom stereocenters. The highest BCUT2D eigenvalue weighted by Crippen LogP contribution is 2.30. The van der Waals surface area contributed by atoms with Crippen LogP contribution in [0.2, 0.25) is 0 Å². The van der Waals surface area contributed by atoms with E-state index >= 15 is 0 Å². The zero-order valence-electron chi connectivity index (χ0n) is 12.3. The van der Waals surface area contributed by atoms with Gasteiger partial charge in [-0.2, -0.15) is 0 Å². The number of carbonyl (C=O) groups is 1. The van der Waals surface area contributed by atoms with E-state index in [-0.39, 0.29) is 12.5 Å². The van der Waals surface area contributed by atoms with Gasteiger partial charge < -0.3 is 10.4 Å². The molecule has 2 aliphatic rings. The van der Waals surface area contributed by atoms with Crippen LogP contribution in [-0.4, -0.2) is 46.6 Å². The van der Waals surface area contributed by atoms with E-state index in [1.807, 2.05) is 0 Å². The Morgan fingerprint density at radius 3 is 3.10 bits per heavy atom. The summed E-state index contributed by atoms with van der Waals surface area (Å²) in [4.78, 5) is 20.3. The topological polar surface area (TPSA) is 65.5 Å². The molecule has 21 heavy (non-hydrogen) atoms. The number of hydrogen-bond acceptors (Lipinski definition) is 5. The van der Waals surface area contributed by atoms with Gasteiger partial charge in [0.1, 0.15) is 0 Å². The Labute approximate surface area is 129 Å². The van der Waals surface area contributed by atoms with Gasteiger partial charge in [0.25, 0.3) is 0 Å². The number of piperidine rings is 1. The number of likely N-dealkylation sites (tertiary alicyclic amines) is 1. The van der Waals surface area contributed by atoms with Gasteiger partial charge >= 0.3 is 0 Å². The first kappa shape index (κ1) is 14.9. The Hall–Kier alpha value is -0.980. The van der Waals surface area contributed by atoms with Crippen molar-refractivity contribution in [3.8, 4) is 0 Å². The maximum absolute atomic E-state index is 12.2. The molecular weight excluding hydrogens is 286 g/mol. The molecular formula is C15H23N3O2S. The van der Waals surface area contributed by atoms with Crippen LogP contribution < -0.4 is 5.32 Å². The number of anilines is 1. The molecule has 1 amide bonds. The van der Waals surface area contributed by atoms with E-state index in [1.54, 1.807) is 11.3 Å². The third-order valence-corrected chi connectivity index (χ3v) is 5.47. The maximum Gasteiger partial charge on any atom is 0.240 e. The van der Waals surface area contributed by atoms with Gasteiger partial charge in [-0.3, -0.25) is 9.69 Å². The average Bonchev–Trinajstić information content (AvgIpc) is 3.02. The Morgan fingerprint density at radius 2 is 2.29 bits per heavy atom. The number of aliphatic hydroxyl groups is 1. The highest BCUT2D eigenvalue weighted by molar-refractivity contribution is 7.15. The zero-order chi connectivity index (χ0) is 14.7. The molecule has 1 aromatic rings. The fourth-order valence-corrected chi connectivity index (χ4v) is 4.40. The van der Waals surface area contributed by atoms with Crippen LogP contribution in [0.1, 0.15) is 42.7 Å². The number of hydrogen-bond donors (Lipinski definition) is 2. The smallest absolute Gasteiger partial charge is 0.240 e. The lowest BCUT2D eigenvalue weighted by atomic mass is 10.00. The van der Waals surface area contributed by atoms with E-state index in [0.29, 0.717) is 12.6 Å². The van der Waals surface area contributed by atoms with Gasteiger partial charge in [-0.05, 0) is 45.1 Å². The molecule has 0 bridgehead atoms. The third-order valence-electron chi connectivity index (χ3n) is 4.40. The maximum atomic E-state index is 12.2. The van der Waals surface area contributed by atoms with E-state index in [9.17, 15) is 4.79 Å². The van der Waals surface area contributed by atoms with E-state index in [2.05, 4.69) is 15.2 Å². The lowest BCUT2D eigenvalue weighted by molar-refractivity contribution is -0.118. The van der Waals surface area contributed by atoms with Crippen molar-refractivity contribution < 1.29 is 9.90 Å². The Bertz CT molecular complexity index is 480. The molecule has 1 aliphatic carbocycles. The van der Waals surface area contributed by atoms with Crippen molar-refractivity contribution in [2.45, 2.75) is 51.0 Å². The molecule has 1 unspecified atom stereocenters. The molecule has 2 heterocycles. The van der Waals surface area contributed by atoms with Crippen LogP contribution in [0.3, 0.4) is 0 Å². The summed E-state index contributed by atoms with van der Waals surface area (Å²) in [5.41, 5.74) is 1.17. The number of nitrogens with one attached hydrogen (secondary N) is 1. The molecule has 5 nitrogen and oxygen atoms in total. The molecule has 1 aliphatic heterocycles. The van der Waals surface area contributed by atoms with Crippen molar-refractivity contribution >= 4 is 22.4 Å². The number of rotatable bonds is 5. The minimum Gasteiger partial charge on any atom is -0.396 e. The van der Waals surface area contributed by atoms with Crippen LogP contribution >= 0.6 is 11.3 Å². The van der Waals surface area contributed by atoms with Gasteiger partial charge in [0.15, 0.2) is 5.13 Å². The lowest BCUT2D eigenvalue weighted by Gasteiger charge is -2.34. The first-order valence-corrected chi connectivity index (χ1v) is 8.71. The number of aromatic nitrogens is 1. The summed E-state index contributed by atoms with van der Waals surface area (Å²) in [6.45, 7) is 1.56. The summed E-state index contributed by atoms with van der Waals surface area (Å²) in [6.07, 6.45) is 7.53. The van der Waals surface area contributed by atoms with E-state index < -0.39 is 0 Å². The standard InChI is InChI=1S/C15H23N3O2S/c19-9-7-11-4-1-2-8-18(11)10-14(20)17-15-16-12-5-3-6-13(12)21-15/h11,19H,1-10H2,(H,16,17,20). The fourth-order valence-electron chi connectivity index (χ4n) is 3.33. The second-order valence-electron chi connectivity index (χ2n) is 5.92. The minimum absolute atomic E-state index is 0.0206. The second-order valence-corrected chi connectivity index (χ2v) is 7.01. The van der Waals surface area contributed by atoms with Crippen LogP contribution in [0, 0.1) is 0 Å². The number of aliphatic hydroxyl groups excluding tert-OH is 1. The predicted molar refractivity (Wildman–Crippen MR) is 83.7 cm³/mol. The zero-order valence-corrected chi connectivity index (χ0v) is 13.1. The van der Waals surface area contributed by atoms with Crippen molar-refractivity contribution in [3.63, 3.8) is 0 Å². The van der Waals surface area contributed by atoms with Crippen LogP contribution in [0.25, 0.3) is 0 Å². The fraction of sp³-hybridized carbons (Fsp3) is 0.733. The Kier molecular flexibility index (Phi) is 4.87. The average molecular weight is 309 g/mol. The predicted octanol–water partition coefficient (Wildman–Crippen LogP) is 1.81. The number of carbonyl (C=O) groups excluding carboxylic acids is 1. The van der Waals surface area contributed by atoms with E-state index in [4.69, 9.17) is 5.11 Å². The van der Waals surface area contributed by atoms with Crippen molar-refractivity contribution in [1.29, 1.82) is 0 Å². The molecule has 0 radical (unpaired) electrons. The van der Waals surface area contributed by atoms with E-state index in [1.165, 1.54) is 23.4 Å². The highest BCUT2D eigenvalue weighted by atomic mass is 32.1. The van der Waals surface area contributed by atoms with Crippen molar-refractivity contribution in [2.75, 3.05) is 25.0 Å². The summed E-state index contributed by atoms with van der Waals surface area (Å²) in [5, 5.41) is 12.8. The van der Waals surface area contributed by atoms with Gasteiger partial charge in [0.05, 0.1) is 12.2 Å². The summed E-state index contributed by atoms with van der Waals surface area (Å²) < 4.78 is 0. The highest BCUT2D eigenvalue weighted by Gasteiger charge is 2.24. The Morgan fingerprint density at radius 1 is 1.38 bits per heavy atom. The number of aryl methyl sites for hydroxylation is 2. The summed E-state index contributed by atoms with van der Waals surface area (Å²) in [5.74, 6) is 0.0206. The molecule has 2 N–H and O–H groups in total. The minimum atomic E-state index is 0.0206. The number of nitrogens with zero attached hydrogens (tertiary/aromatic N) is 2. The van der Waals surface area contributed by atoms with Crippen LogP contribution in [-0.2, 0) is 17.6 Å². The van der Waals surface area contributed by atoms with Gasteiger partial charge in [-0.15, -0.1) is 11.3 Å². The first-order valence-electron chi connectivity index (χ1n) is 7.89. The SMILES string of the molecule is O=C(CN1CCCCC1CCO)Nc1nc2c(s1)CCC2. The van der Waals surface area contributed by atoms with Gasteiger partial charge in [-0.25, -0.2) is 4.98 Å². The van der Waals surface area contributed by atoms with Crippen molar-refractivity contribution in [1.82, 2.24) is 9.88 Å². The normalized spacial score (nSPS) is 22.2. The largest absolute Gasteiger partial charge is 0.396 e. The monoisotopic (exact) mass is 309 g/mol. The second kappa shape index (κ2) is 6.85. The molecule has 3 rings (SSSR count). The summed E-state index contributed by atoms with van der Waals surface area (Å²) in [6, 6.07) is 0.343. The van der Waals surface area contributed by atoms with Crippen molar-refractivity contribution in [3.05, 3.63) is 10.6 Å². The van der Waals surface area contributed by atoms with Crippen LogP contribution in [0.4, 0.5) is 5.13 Å². The molecule has 1 aromatic heterocycles. The summed E-state index contributed by atoms with van der Waals surface area (Å²) in [7, 11) is 0. The van der Waals surface area contributed by atoms with Crippen LogP contribution in [0.5, 0.6) is 0 Å². The quantitative estimate of drug-likeness (QED) is 0.870. The molecule has 1 saturated heterocycles. The third kappa shape index (κ3) is 3.62. The van der Waals surface area contributed by atoms with Gasteiger partial charge in [0.2, 0.25) is 5.91 Å². The van der Waals surface area contributed by atoms with Crippen LogP contribution in [0.15, 0.2) is 0 Å².